The van der Waals surface area contributed by atoms with E-state index in [1.54, 1.807) is 6.92 Å². The Labute approximate surface area is 109 Å². The number of rotatable bonds is 2. The van der Waals surface area contributed by atoms with E-state index in [9.17, 15) is 18.7 Å². The molecule has 1 fully saturated rings. The highest BCUT2D eigenvalue weighted by molar-refractivity contribution is 5.95. The molecule has 3 N–H and O–H groups in total. The molecule has 2 unspecified atom stereocenters. The van der Waals surface area contributed by atoms with Crippen molar-refractivity contribution in [2.75, 3.05) is 18.8 Å². The van der Waals surface area contributed by atoms with Gasteiger partial charge in [0.05, 0.1) is 11.8 Å². The van der Waals surface area contributed by atoms with Crippen molar-refractivity contribution in [2.24, 2.45) is 5.92 Å². The predicted molar refractivity (Wildman–Crippen MR) is 66.5 cm³/mol. The maximum absolute atomic E-state index is 13.8. The first-order valence-corrected chi connectivity index (χ1v) is 6.12. The van der Waals surface area contributed by atoms with Gasteiger partial charge in [-0.05, 0) is 25.5 Å². The standard InChI is InChI=1S/C13H16F2N2O2/c1-7(18)8-4-5-17(6-8)13(19)11-9(14)2-3-10(16)12(11)15/h2-3,7-8,18H,4-6,16H2,1H3. The highest BCUT2D eigenvalue weighted by atomic mass is 19.1. The molecule has 1 saturated heterocycles. The highest BCUT2D eigenvalue weighted by Gasteiger charge is 2.32. The molecule has 1 aliphatic rings. The smallest absolute Gasteiger partial charge is 0.259 e. The zero-order chi connectivity index (χ0) is 14.2. The number of carbonyl (C=O) groups is 1. The number of nitrogen functional groups attached to an aromatic ring is 1. The molecule has 4 nitrogen and oxygen atoms in total. The summed E-state index contributed by atoms with van der Waals surface area (Å²) in [4.78, 5) is 13.5. The van der Waals surface area contributed by atoms with Crippen LogP contribution in [0.4, 0.5) is 14.5 Å². The number of hydrogen-bond acceptors (Lipinski definition) is 3. The first kappa shape index (κ1) is 13.7. The van der Waals surface area contributed by atoms with Gasteiger partial charge in [-0.1, -0.05) is 0 Å². The quantitative estimate of drug-likeness (QED) is 0.798. The number of nitrogens with two attached hydrogens (primary N) is 1. The summed E-state index contributed by atoms with van der Waals surface area (Å²) in [7, 11) is 0. The number of nitrogens with zero attached hydrogens (tertiary/aromatic N) is 1. The fourth-order valence-electron chi connectivity index (χ4n) is 2.29. The van der Waals surface area contributed by atoms with Gasteiger partial charge in [-0.3, -0.25) is 4.79 Å². The molecule has 19 heavy (non-hydrogen) atoms. The molecule has 1 aliphatic heterocycles. The molecule has 0 saturated carbocycles. The maximum atomic E-state index is 13.8. The molecule has 2 atom stereocenters. The van der Waals surface area contributed by atoms with Crippen LogP contribution in [0.15, 0.2) is 12.1 Å². The van der Waals surface area contributed by atoms with Crippen LogP contribution in [0.25, 0.3) is 0 Å². The van der Waals surface area contributed by atoms with E-state index in [2.05, 4.69) is 0 Å². The number of carbonyl (C=O) groups excluding carboxylic acids is 1. The van der Waals surface area contributed by atoms with Gasteiger partial charge in [0.1, 0.15) is 11.4 Å². The van der Waals surface area contributed by atoms with Crippen molar-refractivity contribution in [1.82, 2.24) is 4.90 Å². The highest BCUT2D eigenvalue weighted by Crippen LogP contribution is 2.25. The van der Waals surface area contributed by atoms with E-state index >= 15 is 0 Å². The summed E-state index contributed by atoms with van der Waals surface area (Å²) < 4.78 is 27.4. The van der Waals surface area contributed by atoms with Gasteiger partial charge >= 0.3 is 0 Å². The third kappa shape index (κ3) is 2.53. The van der Waals surface area contributed by atoms with Crippen LogP contribution in [-0.4, -0.2) is 35.1 Å². The van der Waals surface area contributed by atoms with Crippen molar-refractivity contribution in [3.63, 3.8) is 0 Å². The van der Waals surface area contributed by atoms with E-state index in [1.807, 2.05) is 0 Å². The Morgan fingerprint density at radius 3 is 2.79 bits per heavy atom. The van der Waals surface area contributed by atoms with E-state index < -0.39 is 29.2 Å². The van der Waals surface area contributed by atoms with Gasteiger partial charge < -0.3 is 15.7 Å². The maximum Gasteiger partial charge on any atom is 0.259 e. The molecule has 2 rings (SSSR count). The van der Waals surface area contributed by atoms with Crippen LogP contribution in [0.3, 0.4) is 0 Å². The minimum Gasteiger partial charge on any atom is -0.396 e. The molecule has 0 bridgehead atoms. The number of anilines is 1. The summed E-state index contributed by atoms with van der Waals surface area (Å²) in [5.41, 5.74) is 4.48. The molecular formula is C13H16F2N2O2. The topological polar surface area (TPSA) is 66.6 Å². The number of aliphatic hydroxyl groups excluding tert-OH is 1. The number of benzene rings is 1. The lowest BCUT2D eigenvalue weighted by Gasteiger charge is -2.18. The van der Waals surface area contributed by atoms with Crippen molar-refractivity contribution in [3.8, 4) is 0 Å². The second-order valence-corrected chi connectivity index (χ2v) is 4.87. The van der Waals surface area contributed by atoms with Gasteiger partial charge in [-0.2, -0.15) is 0 Å². The largest absolute Gasteiger partial charge is 0.396 e. The fourth-order valence-corrected chi connectivity index (χ4v) is 2.29. The van der Waals surface area contributed by atoms with Crippen LogP contribution in [-0.2, 0) is 0 Å². The SMILES string of the molecule is CC(O)C1CCN(C(=O)c2c(F)ccc(N)c2F)C1. The third-order valence-electron chi connectivity index (χ3n) is 3.53. The number of likely N-dealkylation sites (tertiary alicyclic amines) is 1. The lowest BCUT2D eigenvalue weighted by molar-refractivity contribution is 0.0753. The molecule has 0 aromatic heterocycles. The number of aliphatic hydroxyl groups is 1. The lowest BCUT2D eigenvalue weighted by atomic mass is 10.0. The second-order valence-electron chi connectivity index (χ2n) is 4.87. The molecule has 1 amide bonds. The van der Waals surface area contributed by atoms with Crippen LogP contribution in [0.2, 0.25) is 0 Å². The van der Waals surface area contributed by atoms with E-state index in [4.69, 9.17) is 5.73 Å². The molecular weight excluding hydrogens is 254 g/mol. The second kappa shape index (κ2) is 5.13. The van der Waals surface area contributed by atoms with E-state index in [0.717, 1.165) is 12.1 Å². The Kier molecular flexibility index (Phi) is 3.71. The summed E-state index contributed by atoms with van der Waals surface area (Å²) in [6.45, 7) is 2.31. The van der Waals surface area contributed by atoms with Crippen LogP contribution < -0.4 is 5.73 Å². The van der Waals surface area contributed by atoms with Gasteiger partial charge in [0.25, 0.3) is 5.91 Å². The van der Waals surface area contributed by atoms with Gasteiger partial charge in [-0.25, -0.2) is 8.78 Å². The normalized spacial score (nSPS) is 20.6. The number of amides is 1. The van der Waals surface area contributed by atoms with Crippen LogP contribution >= 0.6 is 0 Å². The van der Waals surface area contributed by atoms with Crippen molar-refractivity contribution < 1.29 is 18.7 Å². The van der Waals surface area contributed by atoms with Gasteiger partial charge in [0.15, 0.2) is 5.82 Å². The summed E-state index contributed by atoms with van der Waals surface area (Å²) in [5.74, 6) is -2.72. The first-order chi connectivity index (χ1) is 8.91. The molecule has 1 aromatic carbocycles. The monoisotopic (exact) mass is 270 g/mol. The van der Waals surface area contributed by atoms with Crippen molar-refractivity contribution in [3.05, 3.63) is 29.3 Å². The molecule has 104 valence electrons. The Bertz CT molecular complexity index is 506. The van der Waals surface area contributed by atoms with Gasteiger partial charge in [-0.15, -0.1) is 0 Å². The first-order valence-electron chi connectivity index (χ1n) is 6.12. The molecule has 0 aliphatic carbocycles. The Hall–Kier alpha value is -1.69. The number of hydrogen-bond donors (Lipinski definition) is 2. The van der Waals surface area contributed by atoms with Crippen LogP contribution in [0.1, 0.15) is 23.7 Å². The minimum atomic E-state index is -1.02. The summed E-state index contributed by atoms with van der Waals surface area (Å²) in [6.07, 6.45) is 0.0722. The van der Waals surface area contributed by atoms with Crippen molar-refractivity contribution in [2.45, 2.75) is 19.4 Å². The van der Waals surface area contributed by atoms with Gasteiger partial charge in [0, 0.05) is 19.0 Å². The van der Waals surface area contributed by atoms with Crippen molar-refractivity contribution in [1.29, 1.82) is 0 Å². The Morgan fingerprint density at radius 1 is 1.53 bits per heavy atom. The Balaban J connectivity index is 2.24. The van der Waals surface area contributed by atoms with Crippen molar-refractivity contribution >= 4 is 11.6 Å². The van der Waals surface area contributed by atoms with Crippen LogP contribution in [0.5, 0.6) is 0 Å². The van der Waals surface area contributed by atoms with E-state index in [1.165, 1.54) is 4.90 Å². The Morgan fingerprint density at radius 2 is 2.21 bits per heavy atom. The minimum absolute atomic E-state index is 0.0591. The molecule has 0 radical (unpaired) electrons. The summed E-state index contributed by atoms with van der Waals surface area (Å²) in [5, 5.41) is 9.47. The summed E-state index contributed by atoms with van der Waals surface area (Å²) >= 11 is 0. The molecule has 0 spiro atoms. The van der Waals surface area contributed by atoms with E-state index in [0.29, 0.717) is 19.5 Å². The van der Waals surface area contributed by atoms with Crippen LogP contribution in [0, 0.1) is 17.6 Å². The predicted octanol–water partition coefficient (Wildman–Crippen LogP) is 1.39. The van der Waals surface area contributed by atoms with E-state index in [-0.39, 0.29) is 11.6 Å². The zero-order valence-corrected chi connectivity index (χ0v) is 10.6. The molecule has 6 heteroatoms. The lowest BCUT2D eigenvalue weighted by Crippen LogP contribution is -2.31. The number of halogens is 2. The van der Waals surface area contributed by atoms with Gasteiger partial charge in [0.2, 0.25) is 0 Å². The summed E-state index contributed by atoms with van der Waals surface area (Å²) in [6, 6.07) is 2.07. The average molecular weight is 270 g/mol. The molecule has 1 aromatic rings. The fraction of sp³-hybridized carbons (Fsp3) is 0.462. The third-order valence-corrected chi connectivity index (χ3v) is 3.53. The average Bonchev–Trinajstić information content (AvgIpc) is 2.84. The molecule has 1 heterocycles. The zero-order valence-electron chi connectivity index (χ0n) is 10.6.